The Kier molecular flexibility index (Phi) is 5.88. The van der Waals surface area contributed by atoms with Crippen molar-refractivity contribution in [2.75, 3.05) is 11.9 Å². The first kappa shape index (κ1) is 20.1. The van der Waals surface area contributed by atoms with E-state index in [1.165, 1.54) is 33.6 Å². The summed E-state index contributed by atoms with van der Waals surface area (Å²) in [5.74, 6) is -0.0211. The molecule has 1 unspecified atom stereocenters. The van der Waals surface area contributed by atoms with E-state index < -0.39 is 0 Å². The van der Waals surface area contributed by atoms with E-state index in [0.29, 0.717) is 10.7 Å². The standard InChI is InChI=1S/C24H22N4OS2/c29-22(18-6-7-19-14-25-10-8-17(19)13-18)26-24-28-27-23(31-24)21(20-9-11-30-15-20)12-16-4-2-1-3-5-16/h1-7,9,11,13,15,21,25H,8,10,12,14H2,(H,26,28,29). The van der Waals surface area contributed by atoms with Crippen LogP contribution in [0.1, 0.15) is 43.5 Å². The number of amides is 1. The largest absolute Gasteiger partial charge is 0.312 e. The molecule has 0 radical (unpaired) electrons. The van der Waals surface area contributed by atoms with Gasteiger partial charge in [0.25, 0.3) is 5.91 Å². The average Bonchev–Trinajstić information content (AvgIpc) is 3.50. The maximum absolute atomic E-state index is 12.8. The molecule has 31 heavy (non-hydrogen) atoms. The van der Waals surface area contributed by atoms with E-state index in [1.54, 1.807) is 11.3 Å². The van der Waals surface area contributed by atoms with Crippen LogP contribution in [-0.2, 0) is 19.4 Å². The highest BCUT2D eigenvalue weighted by molar-refractivity contribution is 7.15. The minimum atomic E-state index is -0.140. The molecular weight excluding hydrogens is 424 g/mol. The van der Waals surface area contributed by atoms with Crippen LogP contribution in [0.5, 0.6) is 0 Å². The topological polar surface area (TPSA) is 66.9 Å². The fraction of sp³-hybridized carbons (Fsp3) is 0.208. The maximum Gasteiger partial charge on any atom is 0.257 e. The van der Waals surface area contributed by atoms with Gasteiger partial charge in [-0.1, -0.05) is 47.7 Å². The van der Waals surface area contributed by atoms with Crippen molar-refractivity contribution in [2.24, 2.45) is 0 Å². The summed E-state index contributed by atoms with van der Waals surface area (Å²) in [6.45, 7) is 1.81. The number of benzene rings is 2. The summed E-state index contributed by atoms with van der Waals surface area (Å²) >= 11 is 3.13. The summed E-state index contributed by atoms with van der Waals surface area (Å²) in [4.78, 5) is 12.8. The molecule has 2 N–H and O–H groups in total. The number of nitrogens with zero attached hydrogens (tertiary/aromatic N) is 2. The molecular formula is C24H22N4OS2. The van der Waals surface area contributed by atoms with Crippen LogP contribution in [0.4, 0.5) is 5.13 Å². The Balaban J connectivity index is 1.35. The van der Waals surface area contributed by atoms with Crippen molar-refractivity contribution in [2.45, 2.75) is 25.3 Å². The van der Waals surface area contributed by atoms with Crippen molar-refractivity contribution < 1.29 is 4.79 Å². The van der Waals surface area contributed by atoms with E-state index in [9.17, 15) is 4.79 Å². The second kappa shape index (κ2) is 9.09. The molecule has 3 heterocycles. The molecule has 156 valence electrons. The first-order chi connectivity index (χ1) is 15.3. The van der Waals surface area contributed by atoms with Crippen LogP contribution < -0.4 is 10.6 Å². The number of thiophene rings is 1. The van der Waals surface area contributed by atoms with Gasteiger partial charge in [-0.15, -0.1) is 10.2 Å². The summed E-state index contributed by atoms with van der Waals surface area (Å²) in [5, 5.41) is 20.7. The molecule has 0 saturated heterocycles. The Bertz CT molecular complexity index is 1170. The van der Waals surface area contributed by atoms with Crippen LogP contribution in [0.2, 0.25) is 0 Å². The number of aromatic nitrogens is 2. The van der Waals surface area contributed by atoms with Gasteiger partial charge in [0.05, 0.1) is 0 Å². The Morgan fingerprint density at radius 2 is 2.00 bits per heavy atom. The van der Waals surface area contributed by atoms with Gasteiger partial charge in [-0.25, -0.2) is 0 Å². The third-order valence-electron chi connectivity index (χ3n) is 5.54. The summed E-state index contributed by atoms with van der Waals surface area (Å²) in [5.41, 5.74) is 5.65. The number of hydrogen-bond acceptors (Lipinski definition) is 6. The minimum absolute atomic E-state index is 0.119. The van der Waals surface area contributed by atoms with Crippen LogP contribution >= 0.6 is 22.7 Å². The highest BCUT2D eigenvalue weighted by Gasteiger charge is 2.21. The second-order valence-electron chi connectivity index (χ2n) is 7.61. The molecule has 0 aliphatic carbocycles. The summed E-state index contributed by atoms with van der Waals surface area (Å²) in [6, 6.07) is 18.5. The van der Waals surface area contributed by atoms with Gasteiger partial charge in [0.15, 0.2) is 0 Å². The van der Waals surface area contributed by atoms with Gasteiger partial charge in [0.1, 0.15) is 5.01 Å². The summed E-state index contributed by atoms with van der Waals surface area (Å²) in [7, 11) is 0. The summed E-state index contributed by atoms with van der Waals surface area (Å²) < 4.78 is 0. The van der Waals surface area contributed by atoms with E-state index >= 15 is 0 Å². The fourth-order valence-corrected chi connectivity index (χ4v) is 5.47. The van der Waals surface area contributed by atoms with Crippen molar-refractivity contribution in [1.82, 2.24) is 15.5 Å². The second-order valence-corrected chi connectivity index (χ2v) is 9.40. The van der Waals surface area contributed by atoms with Gasteiger partial charge >= 0.3 is 0 Å². The minimum Gasteiger partial charge on any atom is -0.312 e. The lowest BCUT2D eigenvalue weighted by Crippen LogP contribution is -2.24. The van der Waals surface area contributed by atoms with Crippen molar-refractivity contribution in [3.8, 4) is 0 Å². The molecule has 1 amide bonds. The predicted molar refractivity (Wildman–Crippen MR) is 126 cm³/mol. The van der Waals surface area contributed by atoms with Crippen LogP contribution in [0, 0.1) is 0 Å². The zero-order valence-electron chi connectivity index (χ0n) is 16.9. The molecule has 7 heteroatoms. The zero-order chi connectivity index (χ0) is 21.0. The normalized spacial score (nSPS) is 14.1. The molecule has 5 nitrogen and oxygen atoms in total. The summed E-state index contributed by atoms with van der Waals surface area (Å²) in [6.07, 6.45) is 1.79. The van der Waals surface area contributed by atoms with E-state index in [2.05, 4.69) is 61.9 Å². The van der Waals surface area contributed by atoms with Gasteiger partial charge in [-0.2, -0.15) is 11.3 Å². The number of fused-ring (bicyclic) bond motifs is 1. The highest BCUT2D eigenvalue weighted by Crippen LogP contribution is 2.33. The number of carbonyl (C=O) groups is 1. The average molecular weight is 447 g/mol. The van der Waals surface area contributed by atoms with Crippen molar-refractivity contribution >= 4 is 33.7 Å². The van der Waals surface area contributed by atoms with Gasteiger partial charge in [-0.3, -0.25) is 10.1 Å². The Morgan fingerprint density at radius 3 is 2.84 bits per heavy atom. The quantitative estimate of drug-likeness (QED) is 0.443. The Hall–Kier alpha value is -2.87. The third kappa shape index (κ3) is 4.58. The number of rotatable bonds is 6. The highest BCUT2D eigenvalue weighted by atomic mass is 32.1. The molecule has 0 spiro atoms. The van der Waals surface area contributed by atoms with Crippen molar-refractivity contribution in [1.29, 1.82) is 0 Å². The number of carbonyl (C=O) groups excluding carboxylic acids is 1. The van der Waals surface area contributed by atoms with Crippen molar-refractivity contribution in [3.05, 3.63) is 98.2 Å². The van der Waals surface area contributed by atoms with E-state index in [0.717, 1.165) is 30.9 Å². The van der Waals surface area contributed by atoms with Gasteiger partial charge in [0, 0.05) is 18.0 Å². The zero-order valence-corrected chi connectivity index (χ0v) is 18.5. The molecule has 1 atom stereocenters. The smallest absolute Gasteiger partial charge is 0.257 e. The number of anilines is 1. The lowest BCUT2D eigenvalue weighted by Gasteiger charge is -2.17. The van der Waals surface area contributed by atoms with E-state index in [1.807, 2.05) is 24.3 Å². The van der Waals surface area contributed by atoms with Gasteiger partial charge < -0.3 is 5.32 Å². The first-order valence-electron chi connectivity index (χ1n) is 10.3. The lowest BCUT2D eigenvalue weighted by molar-refractivity contribution is 0.102. The van der Waals surface area contributed by atoms with Gasteiger partial charge in [0.2, 0.25) is 5.13 Å². The lowest BCUT2D eigenvalue weighted by atomic mass is 9.95. The van der Waals surface area contributed by atoms with E-state index in [-0.39, 0.29) is 11.8 Å². The van der Waals surface area contributed by atoms with Gasteiger partial charge in [-0.05, 0) is 70.6 Å². The molecule has 2 aromatic heterocycles. The van der Waals surface area contributed by atoms with Crippen LogP contribution in [-0.4, -0.2) is 22.6 Å². The van der Waals surface area contributed by atoms with Crippen LogP contribution in [0.15, 0.2) is 65.4 Å². The SMILES string of the molecule is O=C(Nc1nnc(C(Cc2ccccc2)c2ccsc2)s1)c1ccc2c(c1)CCNC2. The van der Waals surface area contributed by atoms with Crippen LogP contribution in [0.3, 0.4) is 0 Å². The molecule has 4 aromatic rings. The molecule has 5 rings (SSSR count). The first-order valence-corrected chi connectivity index (χ1v) is 12.1. The Morgan fingerprint density at radius 1 is 1.10 bits per heavy atom. The molecule has 0 saturated carbocycles. The molecule has 2 aromatic carbocycles. The molecule has 1 aliphatic heterocycles. The van der Waals surface area contributed by atoms with Crippen molar-refractivity contribution in [3.63, 3.8) is 0 Å². The molecule has 0 bridgehead atoms. The monoisotopic (exact) mass is 446 g/mol. The molecule has 1 aliphatic rings. The predicted octanol–water partition coefficient (Wildman–Crippen LogP) is 4.87. The number of hydrogen-bond donors (Lipinski definition) is 2. The molecule has 0 fully saturated rings. The van der Waals surface area contributed by atoms with Crippen LogP contribution in [0.25, 0.3) is 0 Å². The third-order valence-corrected chi connectivity index (χ3v) is 7.20. The fourth-order valence-electron chi connectivity index (χ4n) is 3.88. The Labute approximate surface area is 189 Å². The maximum atomic E-state index is 12.8. The number of nitrogens with one attached hydrogen (secondary N) is 2. The van der Waals surface area contributed by atoms with E-state index in [4.69, 9.17) is 0 Å².